The Bertz CT molecular complexity index is 674. The summed E-state index contributed by atoms with van der Waals surface area (Å²) in [6.45, 7) is 6.19. The number of nitrogens with zero attached hydrogens (tertiary/aromatic N) is 5. The second-order valence-electron chi connectivity index (χ2n) is 5.87. The van der Waals surface area contributed by atoms with E-state index in [-0.39, 0.29) is 11.7 Å². The predicted molar refractivity (Wildman–Crippen MR) is 85.2 cm³/mol. The fourth-order valence-corrected chi connectivity index (χ4v) is 2.33. The molecule has 10 nitrogen and oxygen atoms in total. The Kier molecular flexibility index (Phi) is 5.31. The number of esters is 1. The molecule has 4 atom stereocenters. The van der Waals surface area contributed by atoms with Gasteiger partial charge in [-0.05, 0) is 11.6 Å². The molecule has 1 saturated heterocycles. The molecule has 2 heterocycles. The van der Waals surface area contributed by atoms with Gasteiger partial charge in [0.2, 0.25) is 5.72 Å². The van der Waals surface area contributed by atoms with Gasteiger partial charge in [-0.25, -0.2) is 9.38 Å². The summed E-state index contributed by atoms with van der Waals surface area (Å²) in [4.78, 5) is 19.3. The summed E-state index contributed by atoms with van der Waals surface area (Å²) in [7, 11) is 0. The molecule has 0 saturated carbocycles. The average Bonchev–Trinajstić information content (AvgIpc) is 2.78. The van der Waals surface area contributed by atoms with Crippen LogP contribution in [0.5, 0.6) is 0 Å². The van der Waals surface area contributed by atoms with E-state index in [9.17, 15) is 14.3 Å². The third-order valence-electron chi connectivity index (χ3n) is 3.70. The van der Waals surface area contributed by atoms with E-state index >= 15 is 0 Å². The van der Waals surface area contributed by atoms with Crippen molar-refractivity contribution in [2.45, 2.75) is 38.1 Å². The molecule has 0 radical (unpaired) electrons. The van der Waals surface area contributed by atoms with Crippen molar-refractivity contribution in [3.8, 4) is 0 Å². The summed E-state index contributed by atoms with van der Waals surface area (Å²) in [6, 6.07) is 0. The Morgan fingerprint density at radius 2 is 2.44 bits per heavy atom. The van der Waals surface area contributed by atoms with Crippen LogP contribution in [-0.4, -0.2) is 52.6 Å². The number of alkyl halides is 1. The molecule has 3 N–H and O–H groups in total. The molecular weight excluding hydrogens is 335 g/mol. The summed E-state index contributed by atoms with van der Waals surface area (Å²) in [6.07, 6.45) is -2.47. The lowest BCUT2D eigenvalue weighted by Gasteiger charge is -2.31. The van der Waals surface area contributed by atoms with Gasteiger partial charge < -0.3 is 25.2 Å². The summed E-state index contributed by atoms with van der Waals surface area (Å²) in [5.41, 5.74) is 12.2. The lowest BCUT2D eigenvalue weighted by atomic mass is 10.1. The molecule has 0 aromatic carbocycles. The van der Waals surface area contributed by atoms with Crippen LogP contribution in [0, 0.1) is 5.92 Å². The molecule has 136 valence electrons. The van der Waals surface area contributed by atoms with Crippen LogP contribution in [0.4, 0.5) is 4.39 Å². The number of azide groups is 1. The maximum Gasteiger partial charge on any atom is 0.308 e. The smallest absolute Gasteiger partial charge is 0.308 e. The minimum Gasteiger partial charge on any atom is -0.462 e. The Hall–Kier alpha value is -2.62. The minimum atomic E-state index is -2.11. The zero-order valence-corrected chi connectivity index (χ0v) is 13.7. The van der Waals surface area contributed by atoms with Gasteiger partial charge >= 0.3 is 5.97 Å². The molecule has 25 heavy (non-hydrogen) atoms. The lowest BCUT2D eigenvalue weighted by molar-refractivity contribution is -0.169. The average molecular weight is 354 g/mol. The van der Waals surface area contributed by atoms with Crippen LogP contribution in [0.3, 0.4) is 0 Å². The molecule has 1 fully saturated rings. The molecule has 0 aliphatic carbocycles. The van der Waals surface area contributed by atoms with Crippen molar-refractivity contribution in [1.29, 1.82) is 0 Å². The number of amidine groups is 1. The maximum absolute atomic E-state index is 14.6. The molecule has 0 amide bonds. The van der Waals surface area contributed by atoms with Crippen molar-refractivity contribution in [2.24, 2.45) is 21.8 Å². The number of hydrogen-bond acceptors (Lipinski definition) is 8. The normalized spacial score (nSPS) is 31.7. The van der Waals surface area contributed by atoms with E-state index in [1.54, 1.807) is 13.8 Å². The number of carbonyl (C=O) groups excluding carboxylic acids is 1. The van der Waals surface area contributed by atoms with Gasteiger partial charge in [0.05, 0.1) is 5.92 Å². The summed E-state index contributed by atoms with van der Waals surface area (Å²) < 4.78 is 25.1. The van der Waals surface area contributed by atoms with E-state index in [0.29, 0.717) is 0 Å². The van der Waals surface area contributed by atoms with Crippen molar-refractivity contribution in [2.75, 3.05) is 6.61 Å². The first-order valence-corrected chi connectivity index (χ1v) is 7.44. The second-order valence-corrected chi connectivity index (χ2v) is 5.87. The van der Waals surface area contributed by atoms with Gasteiger partial charge in [0.1, 0.15) is 24.4 Å². The van der Waals surface area contributed by atoms with Crippen molar-refractivity contribution in [1.82, 2.24) is 4.90 Å². The largest absolute Gasteiger partial charge is 0.462 e. The third kappa shape index (κ3) is 3.58. The van der Waals surface area contributed by atoms with E-state index in [2.05, 4.69) is 21.6 Å². The monoisotopic (exact) mass is 354 g/mol. The molecule has 0 unspecified atom stereocenters. The van der Waals surface area contributed by atoms with Crippen LogP contribution in [0.1, 0.15) is 13.8 Å². The minimum absolute atomic E-state index is 0.0794. The zero-order chi connectivity index (χ0) is 18.8. The van der Waals surface area contributed by atoms with E-state index in [4.69, 9.17) is 20.7 Å². The highest BCUT2D eigenvalue weighted by atomic mass is 19.1. The summed E-state index contributed by atoms with van der Waals surface area (Å²) in [5.74, 6) is -0.819. The van der Waals surface area contributed by atoms with Gasteiger partial charge in [-0.2, -0.15) is 0 Å². The van der Waals surface area contributed by atoms with Crippen LogP contribution in [0.15, 0.2) is 34.8 Å². The number of aliphatic hydroxyl groups excluding tert-OH is 1. The zero-order valence-electron chi connectivity index (χ0n) is 13.7. The summed E-state index contributed by atoms with van der Waals surface area (Å²) >= 11 is 0. The van der Waals surface area contributed by atoms with E-state index in [0.717, 1.165) is 0 Å². The Morgan fingerprint density at radius 3 is 3.00 bits per heavy atom. The number of halogens is 1. The molecule has 0 spiro atoms. The van der Waals surface area contributed by atoms with E-state index in [1.807, 2.05) is 0 Å². The van der Waals surface area contributed by atoms with Crippen LogP contribution < -0.4 is 5.73 Å². The van der Waals surface area contributed by atoms with E-state index < -0.39 is 42.7 Å². The van der Waals surface area contributed by atoms with Gasteiger partial charge in [0.15, 0.2) is 12.4 Å². The van der Waals surface area contributed by atoms with Crippen molar-refractivity contribution < 1.29 is 23.8 Å². The van der Waals surface area contributed by atoms with E-state index in [1.165, 1.54) is 17.2 Å². The molecule has 0 aromatic rings. The van der Waals surface area contributed by atoms with Crippen LogP contribution in [0.2, 0.25) is 0 Å². The van der Waals surface area contributed by atoms with Gasteiger partial charge in [0.25, 0.3) is 0 Å². The molecule has 11 heteroatoms. The highest BCUT2D eigenvalue weighted by Gasteiger charge is 2.58. The van der Waals surface area contributed by atoms with Gasteiger partial charge in [-0.1, -0.05) is 25.5 Å². The highest BCUT2D eigenvalue weighted by Crippen LogP contribution is 2.38. The Morgan fingerprint density at radius 1 is 1.76 bits per heavy atom. The molecule has 2 aliphatic rings. The van der Waals surface area contributed by atoms with Crippen molar-refractivity contribution >= 4 is 11.8 Å². The van der Waals surface area contributed by atoms with Crippen LogP contribution in [-0.2, 0) is 14.3 Å². The summed E-state index contributed by atoms with van der Waals surface area (Å²) in [5, 5.41) is 13.6. The van der Waals surface area contributed by atoms with Gasteiger partial charge in [-0.3, -0.25) is 4.79 Å². The first-order valence-electron chi connectivity index (χ1n) is 7.44. The first-order chi connectivity index (χ1) is 11.7. The number of hydrogen-bond donors (Lipinski definition) is 2. The second kappa shape index (κ2) is 7.09. The number of aliphatic imine (C=N–C) groups is 1. The molecule has 0 bridgehead atoms. The molecule has 2 rings (SSSR count). The molecule has 2 aliphatic heterocycles. The number of carbonyl (C=O) groups is 1. The Labute approximate surface area is 143 Å². The standard InChI is InChI=1S/C14H19FN6O4/c1-7(2)13(23)24-6-14(19-20-17)11(22)10(15)12(25-14)21-5-4-9(16)18-8(21)3/h4-5,7,10-12,22H,3,6H2,1-2H3,(H2,16,18)/t10-,11+,12-,14-/m1/s1. The fourth-order valence-electron chi connectivity index (χ4n) is 2.33. The Balaban J connectivity index is 2.25. The molecular formula is C14H19FN6O4. The maximum atomic E-state index is 14.6. The third-order valence-corrected chi connectivity index (χ3v) is 3.70. The first kappa shape index (κ1) is 18.7. The van der Waals surface area contributed by atoms with Gasteiger partial charge in [0, 0.05) is 11.1 Å². The quantitative estimate of drug-likeness (QED) is 0.325. The van der Waals surface area contributed by atoms with Crippen LogP contribution >= 0.6 is 0 Å². The number of aliphatic hydroxyl groups is 1. The number of rotatable bonds is 5. The van der Waals surface area contributed by atoms with Gasteiger partial charge in [-0.15, -0.1) is 0 Å². The highest BCUT2D eigenvalue weighted by molar-refractivity contribution is 5.92. The SMILES string of the molecule is C=C1N=C(N)C=CN1[C@@H]1O[C@@](COC(=O)C(C)C)(N=[N+]=[N-])[C@@H](O)[C@H]1F. The number of ether oxygens (including phenoxy) is 2. The number of nitrogens with two attached hydrogens (primary N) is 1. The topological polar surface area (TPSA) is 146 Å². The van der Waals surface area contributed by atoms with Crippen LogP contribution in [0.25, 0.3) is 10.4 Å². The van der Waals surface area contributed by atoms with Crippen molar-refractivity contribution in [3.63, 3.8) is 0 Å². The predicted octanol–water partition coefficient (Wildman–Crippen LogP) is 0.905. The molecule has 0 aromatic heterocycles. The lowest BCUT2D eigenvalue weighted by Crippen LogP contribution is -2.45. The van der Waals surface area contributed by atoms with Crippen molar-refractivity contribution in [3.05, 3.63) is 35.1 Å². The fraction of sp³-hybridized carbons (Fsp3) is 0.571.